The van der Waals surface area contributed by atoms with Gasteiger partial charge in [0.15, 0.2) is 0 Å². The maximum absolute atomic E-state index is 13.2. The minimum atomic E-state index is -0.591. The molecule has 3 N–H and O–H groups in total. The van der Waals surface area contributed by atoms with Gasteiger partial charge in [-0.25, -0.2) is 5.48 Å². The third-order valence-electron chi connectivity index (χ3n) is 6.35. The van der Waals surface area contributed by atoms with Crippen molar-refractivity contribution in [2.75, 3.05) is 52.9 Å². The van der Waals surface area contributed by atoms with Gasteiger partial charge >= 0.3 is 0 Å². The van der Waals surface area contributed by atoms with Crippen LogP contribution in [0.25, 0.3) is 16.8 Å². The summed E-state index contributed by atoms with van der Waals surface area (Å²) >= 11 is 0. The van der Waals surface area contributed by atoms with Gasteiger partial charge in [0.25, 0.3) is 11.8 Å². The molecule has 0 aromatic heterocycles. The fraction of sp³-hybridized carbons (Fsp3) is 0.286. The number of hydrogen-bond acceptors (Lipinski definition) is 6. The van der Waals surface area contributed by atoms with Crippen LogP contribution in [0.3, 0.4) is 0 Å². The number of hydroxylamine groups is 1. The van der Waals surface area contributed by atoms with E-state index in [0.29, 0.717) is 23.4 Å². The van der Waals surface area contributed by atoms with Gasteiger partial charge in [-0.2, -0.15) is 0 Å². The average molecular weight is 489 g/mol. The Morgan fingerprint density at radius 3 is 2.44 bits per heavy atom. The van der Waals surface area contributed by atoms with E-state index in [2.05, 4.69) is 22.2 Å². The van der Waals surface area contributed by atoms with Crippen LogP contribution >= 0.6 is 0 Å². The zero-order chi connectivity index (χ0) is 25.3. The van der Waals surface area contributed by atoms with E-state index in [1.165, 1.54) is 0 Å². The quantitative estimate of drug-likeness (QED) is 0.244. The Morgan fingerprint density at radius 1 is 0.972 bits per heavy atom. The SMILES string of the molecule is CN1CCN(CCNC(=O)/C(=C/c2ccc(C(=O)NO)cc2)COc2cccc3ccccc23)CC1. The Kier molecular flexibility index (Phi) is 8.67. The molecule has 0 saturated carbocycles. The van der Waals surface area contributed by atoms with E-state index in [1.807, 2.05) is 42.5 Å². The van der Waals surface area contributed by atoms with Crippen LogP contribution in [0.1, 0.15) is 15.9 Å². The standard InChI is InChI=1S/C28H32N4O4/c1-31-15-17-32(18-16-31)14-13-29-27(33)24(19-21-9-11-23(12-10-21)28(34)30-35)20-36-26-8-4-6-22-5-2-3-7-25(22)26/h2-12,19,35H,13-18,20H2,1H3,(H,29,33)(H,30,34)/b24-19+. The number of rotatable bonds is 9. The maximum Gasteiger partial charge on any atom is 0.274 e. The topological polar surface area (TPSA) is 94.1 Å². The highest BCUT2D eigenvalue weighted by Gasteiger charge is 2.16. The summed E-state index contributed by atoms with van der Waals surface area (Å²) in [5, 5.41) is 13.9. The second-order valence-corrected chi connectivity index (χ2v) is 8.90. The van der Waals surface area contributed by atoms with Crippen molar-refractivity contribution < 1.29 is 19.5 Å². The molecule has 0 radical (unpaired) electrons. The smallest absolute Gasteiger partial charge is 0.274 e. The zero-order valence-corrected chi connectivity index (χ0v) is 20.4. The van der Waals surface area contributed by atoms with Crippen molar-refractivity contribution in [3.8, 4) is 5.75 Å². The number of benzene rings is 3. The number of nitrogens with zero attached hydrogens (tertiary/aromatic N) is 2. The number of piperazine rings is 1. The van der Waals surface area contributed by atoms with Crippen LogP contribution in [-0.2, 0) is 4.79 Å². The number of hydrogen-bond donors (Lipinski definition) is 3. The fourth-order valence-corrected chi connectivity index (χ4v) is 4.16. The first kappa shape index (κ1) is 25.4. The van der Waals surface area contributed by atoms with Crippen molar-refractivity contribution >= 4 is 28.7 Å². The largest absolute Gasteiger partial charge is 0.488 e. The molecule has 4 rings (SSSR count). The highest BCUT2D eigenvalue weighted by Crippen LogP contribution is 2.25. The van der Waals surface area contributed by atoms with Crippen LogP contribution in [0, 0.1) is 0 Å². The number of nitrogens with one attached hydrogen (secondary N) is 2. The maximum atomic E-state index is 13.2. The fourth-order valence-electron chi connectivity index (χ4n) is 4.16. The molecule has 3 aromatic rings. The molecule has 0 aliphatic carbocycles. The molecule has 3 aromatic carbocycles. The lowest BCUT2D eigenvalue weighted by atomic mass is 10.1. The van der Waals surface area contributed by atoms with Gasteiger partial charge < -0.3 is 15.0 Å². The third-order valence-corrected chi connectivity index (χ3v) is 6.35. The number of carbonyl (C=O) groups is 2. The van der Waals surface area contributed by atoms with E-state index in [-0.39, 0.29) is 12.5 Å². The van der Waals surface area contributed by atoms with Crippen LogP contribution in [0.2, 0.25) is 0 Å². The van der Waals surface area contributed by atoms with Crippen LogP contribution < -0.4 is 15.5 Å². The van der Waals surface area contributed by atoms with Gasteiger partial charge in [-0.05, 0) is 42.3 Å². The number of fused-ring (bicyclic) bond motifs is 1. The normalized spacial score (nSPS) is 15.0. The summed E-state index contributed by atoms with van der Waals surface area (Å²) in [6.45, 7) is 5.48. The Hall–Kier alpha value is -3.72. The molecule has 1 aliphatic rings. The van der Waals surface area contributed by atoms with Crippen molar-refractivity contribution in [2.45, 2.75) is 0 Å². The second kappa shape index (κ2) is 12.3. The van der Waals surface area contributed by atoms with Gasteiger partial charge in [-0.15, -0.1) is 0 Å². The van der Waals surface area contributed by atoms with Gasteiger partial charge in [-0.3, -0.25) is 19.7 Å². The lowest BCUT2D eigenvalue weighted by molar-refractivity contribution is -0.117. The van der Waals surface area contributed by atoms with Crippen LogP contribution in [0.15, 0.2) is 72.3 Å². The predicted molar refractivity (Wildman–Crippen MR) is 140 cm³/mol. The van der Waals surface area contributed by atoms with Crippen molar-refractivity contribution in [1.82, 2.24) is 20.6 Å². The van der Waals surface area contributed by atoms with E-state index in [9.17, 15) is 9.59 Å². The second-order valence-electron chi connectivity index (χ2n) is 8.90. The molecule has 8 nitrogen and oxygen atoms in total. The molecule has 36 heavy (non-hydrogen) atoms. The van der Waals surface area contributed by atoms with Crippen LogP contribution in [0.5, 0.6) is 5.75 Å². The molecular weight excluding hydrogens is 456 g/mol. The summed E-state index contributed by atoms with van der Waals surface area (Å²) in [7, 11) is 2.12. The monoisotopic (exact) mass is 488 g/mol. The number of ether oxygens (including phenoxy) is 1. The van der Waals surface area contributed by atoms with E-state index in [0.717, 1.165) is 49.1 Å². The van der Waals surface area contributed by atoms with Crippen molar-refractivity contribution in [3.05, 3.63) is 83.4 Å². The van der Waals surface area contributed by atoms with Crippen LogP contribution in [0.4, 0.5) is 0 Å². The molecule has 0 atom stereocenters. The molecule has 188 valence electrons. The predicted octanol–water partition coefficient (Wildman–Crippen LogP) is 2.78. The van der Waals surface area contributed by atoms with E-state index >= 15 is 0 Å². The van der Waals surface area contributed by atoms with Crippen molar-refractivity contribution in [2.24, 2.45) is 0 Å². The lowest BCUT2D eigenvalue weighted by Gasteiger charge is -2.32. The van der Waals surface area contributed by atoms with Gasteiger partial charge in [0.05, 0.1) is 5.57 Å². The molecule has 0 spiro atoms. The Labute approximate surface area is 211 Å². The first-order valence-electron chi connectivity index (χ1n) is 12.1. The third kappa shape index (κ3) is 6.69. The highest BCUT2D eigenvalue weighted by atomic mass is 16.5. The summed E-state index contributed by atoms with van der Waals surface area (Å²) in [4.78, 5) is 29.4. The van der Waals surface area contributed by atoms with E-state index in [4.69, 9.17) is 9.94 Å². The molecule has 0 bridgehead atoms. The molecule has 8 heteroatoms. The Balaban J connectivity index is 1.47. The summed E-state index contributed by atoms with van der Waals surface area (Å²) in [6, 6.07) is 20.4. The van der Waals surface area contributed by atoms with Crippen molar-refractivity contribution in [1.29, 1.82) is 0 Å². The summed E-state index contributed by atoms with van der Waals surface area (Å²) < 4.78 is 6.12. The van der Waals surface area contributed by atoms with Gasteiger partial charge in [0.2, 0.25) is 0 Å². The first-order chi connectivity index (χ1) is 17.5. The molecule has 1 saturated heterocycles. The molecule has 1 fully saturated rings. The Bertz CT molecular complexity index is 1210. The highest BCUT2D eigenvalue weighted by molar-refractivity contribution is 5.98. The number of likely N-dealkylation sites (N-methyl/N-ethyl adjacent to an activating group) is 1. The lowest BCUT2D eigenvalue weighted by Crippen LogP contribution is -2.47. The van der Waals surface area contributed by atoms with Gasteiger partial charge in [0.1, 0.15) is 12.4 Å². The molecular formula is C28H32N4O4. The number of amides is 2. The molecule has 2 amide bonds. The van der Waals surface area contributed by atoms with E-state index in [1.54, 1.807) is 35.8 Å². The minimum absolute atomic E-state index is 0.0905. The molecule has 0 unspecified atom stereocenters. The molecule has 1 aliphatic heterocycles. The average Bonchev–Trinajstić information content (AvgIpc) is 2.92. The van der Waals surface area contributed by atoms with Gasteiger partial charge in [0, 0.05) is 50.2 Å². The van der Waals surface area contributed by atoms with Crippen molar-refractivity contribution in [3.63, 3.8) is 0 Å². The van der Waals surface area contributed by atoms with Crippen LogP contribution in [-0.4, -0.2) is 79.7 Å². The summed E-state index contributed by atoms with van der Waals surface area (Å²) in [5.41, 5.74) is 3.16. The molecule has 1 heterocycles. The number of carbonyl (C=O) groups excluding carboxylic acids is 2. The first-order valence-corrected chi connectivity index (χ1v) is 12.1. The van der Waals surface area contributed by atoms with E-state index < -0.39 is 5.91 Å². The zero-order valence-electron chi connectivity index (χ0n) is 20.4. The summed E-state index contributed by atoms with van der Waals surface area (Å²) in [5.74, 6) is -0.0764. The van der Waals surface area contributed by atoms with Gasteiger partial charge in [-0.1, -0.05) is 48.5 Å². The Morgan fingerprint density at radius 2 is 1.69 bits per heavy atom. The minimum Gasteiger partial charge on any atom is -0.488 e. The summed E-state index contributed by atoms with van der Waals surface area (Å²) in [6.07, 6.45) is 1.76.